The molecule has 2 aromatic rings. The summed E-state index contributed by atoms with van der Waals surface area (Å²) in [5, 5.41) is 0.298. The second-order valence-corrected chi connectivity index (χ2v) is 5.84. The largest absolute Gasteiger partial charge is 0.487 e. The van der Waals surface area contributed by atoms with Crippen molar-refractivity contribution in [2.45, 2.75) is 6.61 Å². The lowest BCUT2D eigenvalue weighted by molar-refractivity contribution is 0.303. The molecule has 0 radical (unpaired) electrons. The van der Waals surface area contributed by atoms with E-state index in [1.54, 1.807) is 6.07 Å². The van der Waals surface area contributed by atoms with Crippen LogP contribution in [0.4, 0.5) is 8.78 Å². The summed E-state index contributed by atoms with van der Waals surface area (Å²) in [6.07, 6.45) is 0. The van der Waals surface area contributed by atoms with E-state index in [9.17, 15) is 8.78 Å². The smallest absolute Gasteiger partial charge is 0.141 e. The van der Waals surface area contributed by atoms with Crippen molar-refractivity contribution < 1.29 is 13.5 Å². The van der Waals surface area contributed by atoms with Crippen LogP contribution in [-0.4, -0.2) is 0 Å². The van der Waals surface area contributed by atoms with Gasteiger partial charge in [0.25, 0.3) is 0 Å². The molecule has 0 aliphatic rings. The Labute approximate surface area is 130 Å². The Bertz CT molecular complexity index is 620. The Morgan fingerprint density at radius 1 is 1.05 bits per heavy atom. The molecule has 0 amide bonds. The molecule has 0 saturated carbocycles. The van der Waals surface area contributed by atoms with Crippen LogP contribution < -0.4 is 4.74 Å². The summed E-state index contributed by atoms with van der Waals surface area (Å²) < 4.78 is 32.6. The van der Waals surface area contributed by atoms with E-state index in [0.29, 0.717) is 9.50 Å². The van der Waals surface area contributed by atoms with Crippen LogP contribution in [0.2, 0.25) is 5.02 Å². The highest BCUT2D eigenvalue weighted by Crippen LogP contribution is 2.31. The minimum Gasteiger partial charge on any atom is -0.487 e. The normalized spacial score (nSPS) is 10.6. The van der Waals surface area contributed by atoms with Crippen LogP contribution in [0.1, 0.15) is 5.56 Å². The Morgan fingerprint density at radius 3 is 2.47 bits per heavy atom. The van der Waals surface area contributed by atoms with E-state index in [1.165, 1.54) is 24.3 Å². The molecule has 0 unspecified atom stereocenters. The van der Waals surface area contributed by atoms with E-state index in [1.807, 2.05) is 0 Å². The highest BCUT2D eigenvalue weighted by molar-refractivity contribution is 9.10. The third-order valence-electron chi connectivity index (χ3n) is 2.37. The van der Waals surface area contributed by atoms with Gasteiger partial charge in [0.15, 0.2) is 0 Å². The van der Waals surface area contributed by atoms with Crippen LogP contribution in [-0.2, 0) is 6.61 Å². The average molecular weight is 412 g/mol. The van der Waals surface area contributed by atoms with Gasteiger partial charge in [-0.3, -0.25) is 0 Å². The molecule has 2 aromatic carbocycles. The lowest BCUT2D eigenvalue weighted by Crippen LogP contribution is -1.98. The van der Waals surface area contributed by atoms with Gasteiger partial charge in [-0.1, -0.05) is 33.6 Å². The van der Waals surface area contributed by atoms with Crippen LogP contribution in [0.5, 0.6) is 5.75 Å². The monoisotopic (exact) mass is 410 g/mol. The fraction of sp³-hybridized carbons (Fsp3) is 0.0769. The van der Waals surface area contributed by atoms with Crippen LogP contribution in [0.25, 0.3) is 0 Å². The van der Waals surface area contributed by atoms with Crippen LogP contribution in [0.15, 0.2) is 39.3 Å². The number of halogens is 5. The highest BCUT2D eigenvalue weighted by atomic mass is 79.9. The van der Waals surface area contributed by atoms with Gasteiger partial charge >= 0.3 is 0 Å². The predicted octanol–water partition coefficient (Wildman–Crippen LogP) is 5.72. The number of hydrogen-bond acceptors (Lipinski definition) is 1. The topological polar surface area (TPSA) is 9.23 Å². The molecule has 0 atom stereocenters. The van der Waals surface area contributed by atoms with Crippen molar-refractivity contribution in [1.29, 1.82) is 0 Å². The van der Waals surface area contributed by atoms with E-state index in [2.05, 4.69) is 31.9 Å². The van der Waals surface area contributed by atoms with E-state index in [-0.39, 0.29) is 22.6 Å². The standard InChI is InChI=1S/C13H7Br2ClF2O/c14-9-3-8(17)2-1-7(9)6-19-13-5-12(18)10(15)4-11(13)16/h1-5H,6H2. The second kappa shape index (κ2) is 6.20. The van der Waals surface area contributed by atoms with Gasteiger partial charge in [-0.2, -0.15) is 0 Å². The first-order valence-electron chi connectivity index (χ1n) is 5.18. The maximum absolute atomic E-state index is 13.4. The Kier molecular flexibility index (Phi) is 4.81. The van der Waals surface area contributed by atoms with Crippen LogP contribution in [0, 0.1) is 11.6 Å². The van der Waals surface area contributed by atoms with E-state index >= 15 is 0 Å². The molecule has 0 N–H and O–H groups in total. The van der Waals surface area contributed by atoms with E-state index in [4.69, 9.17) is 16.3 Å². The summed E-state index contributed by atoms with van der Waals surface area (Å²) in [6.45, 7) is 0.154. The zero-order valence-corrected chi connectivity index (χ0v) is 13.3. The number of ether oxygens (including phenoxy) is 1. The minimum absolute atomic E-state index is 0.154. The second-order valence-electron chi connectivity index (χ2n) is 3.72. The molecule has 0 aliphatic heterocycles. The molecule has 2 rings (SSSR count). The van der Waals surface area contributed by atoms with Gasteiger partial charge in [0, 0.05) is 16.1 Å². The molecule has 0 spiro atoms. The summed E-state index contributed by atoms with van der Waals surface area (Å²) in [7, 11) is 0. The molecule has 0 aliphatic carbocycles. The lowest BCUT2D eigenvalue weighted by atomic mass is 10.2. The SMILES string of the molecule is Fc1ccc(COc2cc(F)c(Br)cc2Cl)c(Br)c1. The molecule has 6 heteroatoms. The van der Waals surface area contributed by atoms with Gasteiger partial charge in [-0.25, -0.2) is 8.78 Å². The molecular weight excluding hydrogens is 405 g/mol. The van der Waals surface area contributed by atoms with Crippen molar-refractivity contribution in [2.24, 2.45) is 0 Å². The fourth-order valence-corrected chi connectivity index (χ4v) is 2.57. The molecule has 1 nitrogen and oxygen atoms in total. The molecule has 0 saturated heterocycles. The lowest BCUT2D eigenvalue weighted by Gasteiger charge is -2.10. The molecule has 0 fully saturated rings. The van der Waals surface area contributed by atoms with Gasteiger partial charge in [0.05, 0.1) is 9.50 Å². The molecule has 0 aromatic heterocycles. The first-order chi connectivity index (χ1) is 8.97. The minimum atomic E-state index is -0.461. The summed E-state index contributed by atoms with van der Waals surface area (Å²) in [4.78, 5) is 0. The van der Waals surface area contributed by atoms with Gasteiger partial charge in [-0.15, -0.1) is 0 Å². The van der Waals surface area contributed by atoms with Crippen molar-refractivity contribution in [2.75, 3.05) is 0 Å². The molecule has 0 heterocycles. The summed E-state index contributed by atoms with van der Waals surface area (Å²) in [6, 6.07) is 6.87. The maximum atomic E-state index is 13.4. The van der Waals surface area contributed by atoms with E-state index < -0.39 is 5.82 Å². The quantitative estimate of drug-likeness (QED) is 0.586. The Balaban J connectivity index is 2.16. The Morgan fingerprint density at radius 2 is 1.79 bits per heavy atom. The third kappa shape index (κ3) is 3.68. The van der Waals surface area contributed by atoms with Gasteiger partial charge in [0.2, 0.25) is 0 Å². The summed E-state index contributed by atoms with van der Waals surface area (Å²) >= 11 is 12.2. The molecule has 100 valence electrons. The molecular formula is C13H7Br2ClF2O. The fourth-order valence-electron chi connectivity index (χ4n) is 1.41. The Hall–Kier alpha value is -0.650. The highest BCUT2D eigenvalue weighted by Gasteiger charge is 2.09. The predicted molar refractivity (Wildman–Crippen MR) is 77.5 cm³/mol. The average Bonchev–Trinajstić information content (AvgIpc) is 2.34. The maximum Gasteiger partial charge on any atom is 0.141 e. The first kappa shape index (κ1) is 14.8. The molecule has 0 bridgehead atoms. The van der Waals surface area contributed by atoms with Crippen LogP contribution >= 0.6 is 43.5 Å². The van der Waals surface area contributed by atoms with Crippen molar-refractivity contribution in [1.82, 2.24) is 0 Å². The van der Waals surface area contributed by atoms with Gasteiger partial charge in [0.1, 0.15) is 24.0 Å². The molecule has 19 heavy (non-hydrogen) atoms. The summed E-state index contributed by atoms with van der Waals surface area (Å²) in [5.41, 5.74) is 0.737. The zero-order valence-electron chi connectivity index (χ0n) is 9.39. The van der Waals surface area contributed by atoms with E-state index in [0.717, 1.165) is 5.56 Å². The van der Waals surface area contributed by atoms with Crippen molar-refractivity contribution in [3.63, 3.8) is 0 Å². The van der Waals surface area contributed by atoms with Gasteiger partial charge in [-0.05, 0) is 34.1 Å². The van der Waals surface area contributed by atoms with Crippen molar-refractivity contribution in [3.8, 4) is 5.75 Å². The zero-order chi connectivity index (χ0) is 14.0. The number of rotatable bonds is 3. The third-order valence-corrected chi connectivity index (χ3v) is 4.01. The first-order valence-corrected chi connectivity index (χ1v) is 7.15. The van der Waals surface area contributed by atoms with Crippen LogP contribution in [0.3, 0.4) is 0 Å². The van der Waals surface area contributed by atoms with Gasteiger partial charge < -0.3 is 4.74 Å². The van der Waals surface area contributed by atoms with Crippen molar-refractivity contribution >= 4 is 43.5 Å². The number of hydrogen-bond donors (Lipinski definition) is 0. The van der Waals surface area contributed by atoms with Crippen molar-refractivity contribution in [3.05, 3.63) is 61.5 Å². The number of benzene rings is 2. The summed E-state index contributed by atoms with van der Waals surface area (Å²) in [5.74, 6) is -0.570.